The highest BCUT2D eigenvalue weighted by Crippen LogP contribution is 2.22. The van der Waals surface area contributed by atoms with Gasteiger partial charge in [-0.2, -0.15) is 0 Å². The summed E-state index contributed by atoms with van der Waals surface area (Å²) in [6, 6.07) is 3.97. The molecule has 1 rings (SSSR count). The molecular formula is C11H11ClFNO2. The van der Waals surface area contributed by atoms with Gasteiger partial charge in [0.25, 0.3) is 0 Å². The minimum absolute atomic E-state index is 0.241. The summed E-state index contributed by atoms with van der Waals surface area (Å²) in [4.78, 5) is 10.5. The first kappa shape index (κ1) is 12.5. The lowest BCUT2D eigenvalue weighted by Crippen LogP contribution is -2.03. The number of hydrogen-bond acceptors (Lipinski definition) is 2. The van der Waals surface area contributed by atoms with Gasteiger partial charge in [-0.05, 0) is 25.1 Å². The maximum absolute atomic E-state index is 12.7. The van der Waals surface area contributed by atoms with E-state index in [-0.39, 0.29) is 10.6 Å². The zero-order chi connectivity index (χ0) is 12.1. The quantitative estimate of drug-likeness (QED) is 0.800. The van der Waals surface area contributed by atoms with Crippen LogP contribution in [0.15, 0.2) is 29.8 Å². The number of halogens is 2. The van der Waals surface area contributed by atoms with Gasteiger partial charge in [0.15, 0.2) is 0 Å². The molecule has 0 aromatic heterocycles. The molecule has 0 aliphatic carbocycles. The highest BCUT2D eigenvalue weighted by atomic mass is 35.5. The molecule has 0 heterocycles. The summed E-state index contributed by atoms with van der Waals surface area (Å²) in [5.41, 5.74) is 0.809. The first-order valence-corrected chi connectivity index (χ1v) is 4.97. The minimum atomic E-state index is -0.966. The normalized spacial score (nSPS) is 11.3. The van der Waals surface area contributed by atoms with Gasteiger partial charge in [0, 0.05) is 12.1 Å². The van der Waals surface area contributed by atoms with Crippen molar-refractivity contribution < 1.29 is 14.3 Å². The number of carbonyl (C=O) groups is 1. The van der Waals surface area contributed by atoms with Gasteiger partial charge in [0.2, 0.25) is 0 Å². The Hall–Kier alpha value is -1.55. The fourth-order valence-electron chi connectivity index (χ4n) is 1.03. The Morgan fingerprint density at radius 1 is 1.62 bits per heavy atom. The maximum atomic E-state index is 12.7. The van der Waals surface area contributed by atoms with Crippen molar-refractivity contribution in [3.05, 3.63) is 40.7 Å². The maximum Gasteiger partial charge on any atom is 0.331 e. The molecule has 0 aliphatic rings. The van der Waals surface area contributed by atoms with Crippen LogP contribution < -0.4 is 5.32 Å². The van der Waals surface area contributed by atoms with Gasteiger partial charge in [-0.25, -0.2) is 9.18 Å². The minimum Gasteiger partial charge on any atom is -0.478 e. The molecule has 0 amide bonds. The van der Waals surface area contributed by atoms with Crippen molar-refractivity contribution in [3.63, 3.8) is 0 Å². The van der Waals surface area contributed by atoms with Crippen LogP contribution in [0, 0.1) is 5.82 Å². The van der Waals surface area contributed by atoms with E-state index in [4.69, 9.17) is 16.7 Å². The summed E-state index contributed by atoms with van der Waals surface area (Å²) in [5, 5.41) is 11.8. The molecule has 0 bridgehead atoms. The first-order chi connectivity index (χ1) is 7.50. The number of benzene rings is 1. The van der Waals surface area contributed by atoms with Crippen LogP contribution >= 0.6 is 11.6 Å². The highest BCUT2D eigenvalue weighted by Gasteiger charge is 2.01. The van der Waals surface area contributed by atoms with Gasteiger partial charge in [0.05, 0.1) is 10.7 Å². The SMILES string of the molecule is C/C(=C/CNc1ccc(F)cc1Cl)C(=O)O. The van der Waals surface area contributed by atoms with Crippen LogP contribution in [0.1, 0.15) is 6.92 Å². The van der Waals surface area contributed by atoms with Gasteiger partial charge in [-0.1, -0.05) is 17.7 Å². The Morgan fingerprint density at radius 3 is 2.88 bits per heavy atom. The average molecular weight is 244 g/mol. The molecule has 2 N–H and O–H groups in total. The summed E-state index contributed by atoms with van der Waals surface area (Å²) in [7, 11) is 0. The van der Waals surface area contributed by atoms with Gasteiger partial charge in [-0.15, -0.1) is 0 Å². The molecule has 0 saturated heterocycles. The van der Waals surface area contributed by atoms with E-state index in [0.29, 0.717) is 12.2 Å². The van der Waals surface area contributed by atoms with E-state index in [0.717, 1.165) is 0 Å². The number of aliphatic carboxylic acids is 1. The molecular weight excluding hydrogens is 233 g/mol. The smallest absolute Gasteiger partial charge is 0.331 e. The molecule has 0 atom stereocenters. The molecule has 86 valence electrons. The number of hydrogen-bond donors (Lipinski definition) is 2. The number of carboxylic acid groups (broad SMARTS) is 1. The predicted octanol–water partition coefficient (Wildman–Crippen LogP) is 2.92. The van der Waals surface area contributed by atoms with Crippen LogP contribution in [0.25, 0.3) is 0 Å². The van der Waals surface area contributed by atoms with Gasteiger partial charge in [-0.3, -0.25) is 0 Å². The molecule has 1 aromatic carbocycles. The molecule has 0 saturated carbocycles. The molecule has 0 fully saturated rings. The third-order valence-corrected chi connectivity index (χ3v) is 2.28. The fourth-order valence-corrected chi connectivity index (χ4v) is 1.27. The summed E-state index contributed by atoms with van der Waals surface area (Å²) >= 11 is 5.77. The van der Waals surface area contributed by atoms with Gasteiger partial charge < -0.3 is 10.4 Å². The number of nitrogens with one attached hydrogen (secondary N) is 1. The van der Waals surface area contributed by atoms with E-state index in [1.54, 1.807) is 0 Å². The Balaban J connectivity index is 2.62. The Morgan fingerprint density at radius 2 is 2.31 bits per heavy atom. The number of anilines is 1. The largest absolute Gasteiger partial charge is 0.478 e. The topological polar surface area (TPSA) is 49.3 Å². The lowest BCUT2D eigenvalue weighted by Gasteiger charge is -2.05. The van der Waals surface area contributed by atoms with Crippen molar-refractivity contribution >= 4 is 23.3 Å². The molecule has 3 nitrogen and oxygen atoms in total. The molecule has 1 aromatic rings. The van der Waals surface area contributed by atoms with E-state index < -0.39 is 11.8 Å². The summed E-state index contributed by atoms with van der Waals surface area (Å²) in [6.45, 7) is 1.82. The fraction of sp³-hybridized carbons (Fsp3) is 0.182. The van der Waals surface area contributed by atoms with Crippen molar-refractivity contribution in [3.8, 4) is 0 Å². The monoisotopic (exact) mass is 243 g/mol. The van der Waals surface area contributed by atoms with Crippen LogP contribution in [-0.2, 0) is 4.79 Å². The van der Waals surface area contributed by atoms with Crippen molar-refractivity contribution in [2.75, 3.05) is 11.9 Å². The van der Waals surface area contributed by atoms with E-state index in [2.05, 4.69) is 5.32 Å². The van der Waals surface area contributed by atoms with E-state index in [9.17, 15) is 9.18 Å². The Kier molecular flexibility index (Phi) is 4.31. The van der Waals surface area contributed by atoms with Gasteiger partial charge >= 0.3 is 5.97 Å². The summed E-state index contributed by atoms with van der Waals surface area (Å²) in [5.74, 6) is -1.38. The Bertz CT molecular complexity index is 432. The molecule has 0 spiro atoms. The second kappa shape index (κ2) is 5.51. The third kappa shape index (κ3) is 3.55. The molecule has 0 radical (unpaired) electrons. The lowest BCUT2D eigenvalue weighted by molar-refractivity contribution is -0.132. The van der Waals surface area contributed by atoms with Crippen molar-refractivity contribution in [2.24, 2.45) is 0 Å². The Labute approximate surface area is 97.5 Å². The second-order valence-corrected chi connectivity index (χ2v) is 3.60. The van der Waals surface area contributed by atoms with Crippen molar-refractivity contribution in [1.82, 2.24) is 0 Å². The molecule has 0 aliphatic heterocycles. The van der Waals surface area contributed by atoms with Crippen molar-refractivity contribution in [2.45, 2.75) is 6.92 Å². The second-order valence-electron chi connectivity index (χ2n) is 3.20. The third-order valence-electron chi connectivity index (χ3n) is 1.97. The van der Waals surface area contributed by atoms with Crippen LogP contribution in [0.2, 0.25) is 5.02 Å². The zero-order valence-corrected chi connectivity index (χ0v) is 9.38. The number of carboxylic acids is 1. The average Bonchev–Trinajstić information content (AvgIpc) is 2.20. The zero-order valence-electron chi connectivity index (χ0n) is 8.63. The van der Waals surface area contributed by atoms with Gasteiger partial charge in [0.1, 0.15) is 5.82 Å². The molecule has 16 heavy (non-hydrogen) atoms. The van der Waals surface area contributed by atoms with Crippen LogP contribution in [-0.4, -0.2) is 17.6 Å². The van der Waals surface area contributed by atoms with E-state index >= 15 is 0 Å². The van der Waals surface area contributed by atoms with E-state index in [1.807, 2.05) is 0 Å². The van der Waals surface area contributed by atoms with Crippen molar-refractivity contribution in [1.29, 1.82) is 0 Å². The first-order valence-electron chi connectivity index (χ1n) is 4.59. The summed E-state index contributed by atoms with van der Waals surface area (Å²) in [6.07, 6.45) is 1.52. The lowest BCUT2D eigenvalue weighted by atomic mass is 10.2. The number of rotatable bonds is 4. The van der Waals surface area contributed by atoms with Crippen LogP contribution in [0.4, 0.5) is 10.1 Å². The van der Waals surface area contributed by atoms with Crippen LogP contribution in [0.3, 0.4) is 0 Å². The predicted molar refractivity (Wildman–Crippen MR) is 61.3 cm³/mol. The molecule has 0 unspecified atom stereocenters. The standard InChI is InChI=1S/C11H11ClFNO2/c1-7(11(15)16)4-5-14-10-3-2-8(13)6-9(10)12/h2-4,6,14H,5H2,1H3,(H,15,16)/b7-4-. The molecule has 5 heteroatoms. The summed E-state index contributed by atoms with van der Waals surface area (Å²) < 4.78 is 12.7. The highest BCUT2D eigenvalue weighted by molar-refractivity contribution is 6.33. The van der Waals surface area contributed by atoms with Crippen LogP contribution in [0.5, 0.6) is 0 Å². The van der Waals surface area contributed by atoms with E-state index in [1.165, 1.54) is 31.2 Å².